The van der Waals surface area contributed by atoms with Crippen LogP contribution in [0, 0.1) is 12.3 Å². The first-order valence-corrected chi connectivity index (χ1v) is 8.56. The van der Waals surface area contributed by atoms with Gasteiger partial charge in [-0.15, -0.1) is 6.42 Å². The van der Waals surface area contributed by atoms with Gasteiger partial charge in [-0.25, -0.2) is 4.79 Å². The maximum absolute atomic E-state index is 12.1. The molecule has 2 aromatic carbocycles. The number of nitrogens with one attached hydrogen (secondary N) is 2. The number of terminal acetylenes is 1. The lowest BCUT2D eigenvalue weighted by atomic mass is 10.1. The van der Waals surface area contributed by atoms with Crippen LogP contribution in [0.15, 0.2) is 36.4 Å². The van der Waals surface area contributed by atoms with E-state index in [2.05, 4.69) is 16.6 Å². The molecule has 0 aliphatic carbocycles. The minimum atomic E-state index is -0.358. The number of halogens is 1. The Labute approximate surface area is 163 Å². The minimum Gasteiger partial charge on any atom is -0.495 e. The van der Waals surface area contributed by atoms with Gasteiger partial charge in [0.15, 0.2) is 0 Å². The topological polar surface area (TPSA) is 68.8 Å². The summed E-state index contributed by atoms with van der Waals surface area (Å²) in [4.78, 5) is 12.1. The standard InChI is InChI=1S/C20H21ClN2O4/c1-4-11-27-15-7-5-14(6-8-15)9-10-22-20(24)23-17-12-16(21)18(25-2)13-19(17)26-3/h1,5-8,12-13H,9-11H2,2-3H3,(H2,22,23,24). The van der Waals surface area contributed by atoms with Gasteiger partial charge in [-0.2, -0.15) is 0 Å². The third-order valence-corrected chi connectivity index (χ3v) is 3.96. The van der Waals surface area contributed by atoms with E-state index in [0.29, 0.717) is 40.9 Å². The van der Waals surface area contributed by atoms with Crippen LogP contribution in [0.25, 0.3) is 0 Å². The zero-order valence-corrected chi connectivity index (χ0v) is 15.9. The molecule has 0 saturated carbocycles. The third-order valence-electron chi connectivity index (χ3n) is 3.67. The molecule has 0 atom stereocenters. The van der Waals surface area contributed by atoms with Crippen molar-refractivity contribution in [3.8, 4) is 29.6 Å². The highest BCUT2D eigenvalue weighted by molar-refractivity contribution is 6.32. The van der Waals surface area contributed by atoms with Crippen molar-refractivity contribution in [3.63, 3.8) is 0 Å². The molecule has 0 spiro atoms. The molecule has 7 heteroatoms. The molecule has 0 aliphatic heterocycles. The van der Waals surface area contributed by atoms with Crippen molar-refractivity contribution < 1.29 is 19.0 Å². The maximum atomic E-state index is 12.1. The molecule has 142 valence electrons. The quantitative estimate of drug-likeness (QED) is 0.676. The van der Waals surface area contributed by atoms with Crippen molar-refractivity contribution in [2.45, 2.75) is 6.42 Å². The normalized spacial score (nSPS) is 9.85. The summed E-state index contributed by atoms with van der Waals surface area (Å²) in [5, 5.41) is 5.88. The van der Waals surface area contributed by atoms with Crippen LogP contribution >= 0.6 is 11.6 Å². The molecule has 2 aromatic rings. The molecule has 0 fully saturated rings. The average molecular weight is 389 g/mol. The summed E-state index contributed by atoms with van der Waals surface area (Å²) in [7, 11) is 3.01. The van der Waals surface area contributed by atoms with Crippen LogP contribution in [0.3, 0.4) is 0 Å². The van der Waals surface area contributed by atoms with E-state index in [9.17, 15) is 4.79 Å². The summed E-state index contributed by atoms with van der Waals surface area (Å²) in [6.45, 7) is 0.697. The molecule has 0 aromatic heterocycles. The Morgan fingerprint density at radius 1 is 1.15 bits per heavy atom. The second kappa shape index (κ2) is 10.2. The number of carbonyl (C=O) groups is 1. The monoisotopic (exact) mass is 388 g/mol. The summed E-state index contributed by atoms with van der Waals surface area (Å²) in [5.74, 6) is 4.05. The predicted octanol–water partition coefficient (Wildman–Crippen LogP) is 3.73. The molecule has 27 heavy (non-hydrogen) atoms. The molecule has 2 N–H and O–H groups in total. The third kappa shape index (κ3) is 6.01. The van der Waals surface area contributed by atoms with Crippen LogP contribution in [0.2, 0.25) is 5.02 Å². The Morgan fingerprint density at radius 2 is 1.85 bits per heavy atom. The fourth-order valence-electron chi connectivity index (χ4n) is 2.32. The zero-order valence-electron chi connectivity index (χ0n) is 15.2. The Morgan fingerprint density at radius 3 is 2.48 bits per heavy atom. The molecule has 0 heterocycles. The molecule has 0 radical (unpaired) electrons. The lowest BCUT2D eigenvalue weighted by molar-refractivity contribution is 0.252. The average Bonchev–Trinajstić information content (AvgIpc) is 2.67. The van der Waals surface area contributed by atoms with Gasteiger partial charge in [-0.1, -0.05) is 29.7 Å². The maximum Gasteiger partial charge on any atom is 0.319 e. The molecule has 0 aliphatic rings. The molecule has 2 rings (SSSR count). The van der Waals surface area contributed by atoms with Gasteiger partial charge >= 0.3 is 6.03 Å². The molecular weight excluding hydrogens is 368 g/mol. The Balaban J connectivity index is 1.86. The van der Waals surface area contributed by atoms with Gasteiger partial charge in [0.25, 0.3) is 0 Å². The van der Waals surface area contributed by atoms with Crippen molar-refractivity contribution in [2.75, 3.05) is 32.7 Å². The molecule has 0 bridgehead atoms. The van der Waals surface area contributed by atoms with Crippen LogP contribution < -0.4 is 24.8 Å². The molecule has 0 unspecified atom stereocenters. The van der Waals surface area contributed by atoms with E-state index in [0.717, 1.165) is 5.56 Å². The number of anilines is 1. The summed E-state index contributed by atoms with van der Waals surface area (Å²) in [6, 6.07) is 10.4. The van der Waals surface area contributed by atoms with E-state index in [4.69, 9.17) is 32.2 Å². The van der Waals surface area contributed by atoms with Crippen LogP contribution in [0.5, 0.6) is 17.2 Å². The molecule has 0 saturated heterocycles. The van der Waals surface area contributed by atoms with E-state index in [-0.39, 0.29) is 12.6 Å². The Hall–Kier alpha value is -3.04. The summed E-state index contributed by atoms with van der Waals surface area (Å²) >= 11 is 6.10. The lowest BCUT2D eigenvalue weighted by Gasteiger charge is -2.13. The van der Waals surface area contributed by atoms with E-state index in [1.807, 2.05) is 24.3 Å². The Bertz CT molecular complexity index is 816. The van der Waals surface area contributed by atoms with E-state index >= 15 is 0 Å². The van der Waals surface area contributed by atoms with Crippen molar-refractivity contribution in [1.82, 2.24) is 5.32 Å². The molecular formula is C20H21ClN2O4. The van der Waals surface area contributed by atoms with Crippen LogP contribution in [-0.2, 0) is 6.42 Å². The summed E-state index contributed by atoms with van der Waals surface area (Å²) in [5.41, 5.74) is 1.52. The number of benzene rings is 2. The first-order chi connectivity index (χ1) is 13.1. The van der Waals surface area contributed by atoms with E-state index in [1.165, 1.54) is 14.2 Å². The number of ether oxygens (including phenoxy) is 3. The van der Waals surface area contributed by atoms with Crippen molar-refractivity contribution in [2.24, 2.45) is 0 Å². The zero-order chi connectivity index (χ0) is 19.6. The van der Waals surface area contributed by atoms with Gasteiger partial charge in [-0.3, -0.25) is 0 Å². The summed E-state index contributed by atoms with van der Waals surface area (Å²) < 4.78 is 15.7. The van der Waals surface area contributed by atoms with Crippen LogP contribution in [0.1, 0.15) is 5.56 Å². The number of carbonyl (C=O) groups excluding carboxylic acids is 1. The van der Waals surface area contributed by atoms with Gasteiger partial charge in [-0.05, 0) is 30.2 Å². The minimum absolute atomic E-state index is 0.236. The van der Waals surface area contributed by atoms with Crippen molar-refractivity contribution in [1.29, 1.82) is 0 Å². The number of urea groups is 1. The largest absolute Gasteiger partial charge is 0.495 e. The lowest BCUT2D eigenvalue weighted by Crippen LogP contribution is -2.30. The van der Waals surface area contributed by atoms with Gasteiger partial charge in [0, 0.05) is 12.6 Å². The van der Waals surface area contributed by atoms with E-state index in [1.54, 1.807) is 12.1 Å². The van der Waals surface area contributed by atoms with E-state index < -0.39 is 0 Å². The first-order valence-electron chi connectivity index (χ1n) is 8.19. The number of hydrogen-bond donors (Lipinski definition) is 2. The highest BCUT2D eigenvalue weighted by atomic mass is 35.5. The van der Waals surface area contributed by atoms with Gasteiger partial charge in [0.05, 0.1) is 24.9 Å². The fourth-order valence-corrected chi connectivity index (χ4v) is 2.56. The Kier molecular flexibility index (Phi) is 7.65. The number of amides is 2. The summed E-state index contributed by atoms with van der Waals surface area (Å²) in [6.07, 6.45) is 5.82. The second-order valence-corrected chi connectivity index (χ2v) is 5.86. The second-order valence-electron chi connectivity index (χ2n) is 5.45. The fraction of sp³-hybridized carbons (Fsp3) is 0.250. The van der Waals surface area contributed by atoms with Gasteiger partial charge in [0.2, 0.25) is 0 Å². The first kappa shape index (κ1) is 20.3. The predicted molar refractivity (Wildman–Crippen MR) is 106 cm³/mol. The number of rotatable bonds is 8. The highest BCUT2D eigenvalue weighted by Gasteiger charge is 2.12. The van der Waals surface area contributed by atoms with Crippen molar-refractivity contribution in [3.05, 3.63) is 47.0 Å². The van der Waals surface area contributed by atoms with Gasteiger partial charge in [0.1, 0.15) is 23.9 Å². The number of methoxy groups -OCH3 is 2. The van der Waals surface area contributed by atoms with Gasteiger partial charge < -0.3 is 24.8 Å². The van der Waals surface area contributed by atoms with Crippen LogP contribution in [0.4, 0.5) is 10.5 Å². The molecule has 2 amide bonds. The van der Waals surface area contributed by atoms with Crippen LogP contribution in [-0.4, -0.2) is 33.4 Å². The smallest absolute Gasteiger partial charge is 0.319 e. The number of hydrogen-bond acceptors (Lipinski definition) is 4. The molecule has 6 nitrogen and oxygen atoms in total. The SMILES string of the molecule is C#CCOc1ccc(CCNC(=O)Nc2cc(Cl)c(OC)cc2OC)cc1. The highest BCUT2D eigenvalue weighted by Crippen LogP contribution is 2.35. The van der Waals surface area contributed by atoms with Crippen molar-refractivity contribution >= 4 is 23.3 Å².